The van der Waals surface area contributed by atoms with E-state index in [0.717, 1.165) is 0 Å². The van der Waals surface area contributed by atoms with Gasteiger partial charge in [-0.2, -0.15) is 0 Å². The summed E-state index contributed by atoms with van der Waals surface area (Å²) in [4.78, 5) is 28.4. The lowest BCUT2D eigenvalue weighted by Gasteiger charge is -2.09. The summed E-state index contributed by atoms with van der Waals surface area (Å²) < 4.78 is 7.28. The van der Waals surface area contributed by atoms with Crippen LogP contribution in [0.3, 0.4) is 0 Å². The van der Waals surface area contributed by atoms with Gasteiger partial charge in [0.05, 0.1) is 12.1 Å². The van der Waals surface area contributed by atoms with Gasteiger partial charge in [0, 0.05) is 24.5 Å². The molecule has 114 valence electrons. The zero-order valence-electron chi connectivity index (χ0n) is 12.1. The van der Waals surface area contributed by atoms with Crippen molar-refractivity contribution in [1.82, 2.24) is 14.9 Å². The highest BCUT2D eigenvalue weighted by Gasteiger charge is 2.19. The number of hydrogen-bond acceptors (Lipinski definition) is 4. The summed E-state index contributed by atoms with van der Waals surface area (Å²) in [6, 6.07) is 4.80. The van der Waals surface area contributed by atoms with Gasteiger partial charge < -0.3 is 14.6 Å². The average Bonchev–Trinajstić information content (AvgIpc) is 2.89. The number of rotatable bonds is 3. The van der Waals surface area contributed by atoms with Crippen LogP contribution in [0.1, 0.15) is 27.6 Å². The van der Waals surface area contributed by atoms with Gasteiger partial charge in [0.2, 0.25) is 5.95 Å². The van der Waals surface area contributed by atoms with E-state index in [1.165, 1.54) is 6.07 Å². The molecule has 0 unspecified atom stereocenters. The molecule has 0 atom stereocenters. The molecule has 1 aromatic carbocycles. The number of benzene rings is 1. The molecule has 0 saturated carbocycles. The maximum Gasteiger partial charge on any atom is 0.257 e. The predicted octanol–water partition coefficient (Wildman–Crippen LogP) is 1.28. The van der Waals surface area contributed by atoms with Gasteiger partial charge in [-0.25, -0.2) is 4.98 Å². The number of nitrogens with one attached hydrogen (secondary N) is 2. The van der Waals surface area contributed by atoms with Crippen LogP contribution < -0.4 is 15.4 Å². The van der Waals surface area contributed by atoms with E-state index >= 15 is 0 Å². The van der Waals surface area contributed by atoms with E-state index in [2.05, 4.69) is 15.6 Å². The lowest BCUT2D eigenvalue weighted by atomic mass is 10.1. The Morgan fingerprint density at radius 3 is 3.18 bits per heavy atom. The Morgan fingerprint density at radius 2 is 2.36 bits per heavy atom. The second-order valence-electron chi connectivity index (χ2n) is 4.81. The lowest BCUT2D eigenvalue weighted by Crippen LogP contribution is -2.24. The van der Waals surface area contributed by atoms with Gasteiger partial charge in [-0.3, -0.25) is 14.9 Å². The molecular formula is C15H16N4O3. The summed E-state index contributed by atoms with van der Waals surface area (Å²) in [7, 11) is 0. The smallest absolute Gasteiger partial charge is 0.257 e. The largest absolute Gasteiger partial charge is 0.491 e. The first-order chi connectivity index (χ1) is 10.7. The van der Waals surface area contributed by atoms with Crippen LogP contribution >= 0.6 is 0 Å². The third-order valence-electron chi connectivity index (χ3n) is 3.41. The SMILES string of the molecule is CCn1ccnc1NC(=O)c1ccc2c(c1)C(=O)NCCO2. The second kappa shape index (κ2) is 5.88. The molecule has 0 radical (unpaired) electrons. The van der Waals surface area contributed by atoms with Crippen LogP contribution in [0.2, 0.25) is 0 Å². The molecule has 7 heteroatoms. The van der Waals surface area contributed by atoms with Crippen LogP contribution in [0.5, 0.6) is 5.75 Å². The third-order valence-corrected chi connectivity index (χ3v) is 3.41. The molecule has 7 nitrogen and oxygen atoms in total. The standard InChI is InChI=1S/C15H16N4O3/c1-2-19-7-5-17-15(19)18-13(20)10-3-4-12-11(9-10)14(21)16-6-8-22-12/h3-5,7,9H,2,6,8H2,1H3,(H,16,21)(H,17,18,20). The number of carbonyl (C=O) groups excluding carboxylic acids is 2. The quantitative estimate of drug-likeness (QED) is 0.894. The molecule has 2 amide bonds. The number of aryl methyl sites for hydroxylation is 1. The molecule has 2 N–H and O–H groups in total. The molecule has 3 rings (SSSR count). The van der Waals surface area contributed by atoms with Crippen molar-refractivity contribution in [2.75, 3.05) is 18.5 Å². The summed E-state index contributed by atoms with van der Waals surface area (Å²) >= 11 is 0. The van der Waals surface area contributed by atoms with Gasteiger partial charge in [0.25, 0.3) is 11.8 Å². The summed E-state index contributed by atoms with van der Waals surface area (Å²) in [5.41, 5.74) is 0.744. The number of aromatic nitrogens is 2. The minimum absolute atomic E-state index is 0.239. The van der Waals surface area contributed by atoms with Crippen molar-refractivity contribution in [3.63, 3.8) is 0 Å². The topological polar surface area (TPSA) is 85.2 Å². The van der Waals surface area contributed by atoms with Crippen molar-refractivity contribution in [3.8, 4) is 5.75 Å². The molecule has 2 aromatic rings. The van der Waals surface area contributed by atoms with Crippen molar-refractivity contribution in [2.45, 2.75) is 13.5 Å². The van der Waals surface area contributed by atoms with E-state index in [9.17, 15) is 9.59 Å². The molecule has 22 heavy (non-hydrogen) atoms. The van der Waals surface area contributed by atoms with Gasteiger partial charge in [-0.05, 0) is 25.1 Å². The van der Waals surface area contributed by atoms with E-state index in [4.69, 9.17) is 4.74 Å². The lowest BCUT2D eigenvalue weighted by molar-refractivity contribution is 0.0957. The fourth-order valence-electron chi connectivity index (χ4n) is 2.26. The first-order valence-electron chi connectivity index (χ1n) is 7.06. The first kappa shape index (κ1) is 14.1. The van der Waals surface area contributed by atoms with Gasteiger partial charge >= 0.3 is 0 Å². The molecule has 1 aromatic heterocycles. The van der Waals surface area contributed by atoms with Gasteiger partial charge in [-0.1, -0.05) is 0 Å². The van der Waals surface area contributed by atoms with E-state index in [-0.39, 0.29) is 11.8 Å². The number of anilines is 1. The van der Waals surface area contributed by atoms with Crippen molar-refractivity contribution < 1.29 is 14.3 Å². The zero-order valence-corrected chi connectivity index (χ0v) is 12.1. The van der Waals surface area contributed by atoms with Crippen LogP contribution in [0.15, 0.2) is 30.6 Å². The monoisotopic (exact) mass is 300 g/mol. The molecule has 0 aliphatic carbocycles. The van der Waals surface area contributed by atoms with Crippen molar-refractivity contribution in [3.05, 3.63) is 41.7 Å². The van der Waals surface area contributed by atoms with E-state index < -0.39 is 0 Å². The Bertz CT molecular complexity index is 723. The number of fused-ring (bicyclic) bond motifs is 1. The fourth-order valence-corrected chi connectivity index (χ4v) is 2.26. The van der Waals surface area contributed by atoms with Crippen LogP contribution in [0.25, 0.3) is 0 Å². The Labute approximate surface area is 127 Å². The Hall–Kier alpha value is -2.83. The maximum atomic E-state index is 12.3. The number of hydrogen-bond donors (Lipinski definition) is 2. The number of imidazole rings is 1. The molecule has 2 heterocycles. The zero-order chi connectivity index (χ0) is 15.5. The number of amides is 2. The minimum Gasteiger partial charge on any atom is -0.491 e. The summed E-state index contributed by atoms with van der Waals surface area (Å²) in [5, 5.41) is 5.45. The van der Waals surface area contributed by atoms with E-state index in [0.29, 0.717) is 42.5 Å². The predicted molar refractivity (Wildman–Crippen MR) is 80.1 cm³/mol. The number of nitrogens with zero attached hydrogens (tertiary/aromatic N) is 2. The Balaban J connectivity index is 1.86. The molecule has 1 aliphatic heterocycles. The van der Waals surface area contributed by atoms with Crippen molar-refractivity contribution >= 4 is 17.8 Å². The number of ether oxygens (including phenoxy) is 1. The summed E-state index contributed by atoms with van der Waals surface area (Å²) in [6.45, 7) is 3.53. The molecule has 0 spiro atoms. The van der Waals surface area contributed by atoms with Crippen molar-refractivity contribution in [1.29, 1.82) is 0 Å². The van der Waals surface area contributed by atoms with Gasteiger partial charge in [-0.15, -0.1) is 0 Å². The molecule has 0 fully saturated rings. The highest BCUT2D eigenvalue weighted by Crippen LogP contribution is 2.22. The third kappa shape index (κ3) is 2.65. The highest BCUT2D eigenvalue weighted by atomic mass is 16.5. The Kier molecular flexibility index (Phi) is 3.78. The second-order valence-corrected chi connectivity index (χ2v) is 4.81. The van der Waals surface area contributed by atoms with Crippen molar-refractivity contribution in [2.24, 2.45) is 0 Å². The van der Waals surface area contributed by atoms with E-state index in [1.54, 1.807) is 24.5 Å². The molecular weight excluding hydrogens is 284 g/mol. The Morgan fingerprint density at radius 1 is 1.50 bits per heavy atom. The molecule has 0 saturated heterocycles. The first-order valence-corrected chi connectivity index (χ1v) is 7.06. The summed E-state index contributed by atoms with van der Waals surface area (Å²) in [6.07, 6.45) is 3.41. The van der Waals surface area contributed by atoms with Gasteiger partial charge in [0.15, 0.2) is 0 Å². The van der Waals surface area contributed by atoms with Crippen LogP contribution in [0.4, 0.5) is 5.95 Å². The van der Waals surface area contributed by atoms with Crippen LogP contribution in [-0.4, -0.2) is 34.5 Å². The van der Waals surface area contributed by atoms with E-state index in [1.807, 2.05) is 11.5 Å². The summed E-state index contributed by atoms with van der Waals surface area (Å²) in [5.74, 6) is 0.405. The van der Waals surface area contributed by atoms with Gasteiger partial charge in [0.1, 0.15) is 12.4 Å². The van der Waals surface area contributed by atoms with Crippen LogP contribution in [0, 0.1) is 0 Å². The molecule has 0 bridgehead atoms. The highest BCUT2D eigenvalue weighted by molar-refractivity contribution is 6.06. The fraction of sp³-hybridized carbons (Fsp3) is 0.267. The maximum absolute atomic E-state index is 12.3. The minimum atomic E-state index is -0.319. The normalized spacial score (nSPS) is 13.6. The van der Waals surface area contributed by atoms with Crippen LogP contribution in [-0.2, 0) is 6.54 Å². The number of carbonyl (C=O) groups is 2. The average molecular weight is 300 g/mol. The molecule has 1 aliphatic rings.